The van der Waals surface area contributed by atoms with Crippen molar-refractivity contribution >= 4 is 30.5 Å². The van der Waals surface area contributed by atoms with Crippen LogP contribution in [0.25, 0.3) is 0 Å². The molecule has 0 aliphatic rings. The number of ether oxygens (including phenoxy) is 1. The van der Waals surface area contributed by atoms with Gasteiger partial charge in [-0.25, -0.2) is 5.84 Å². The first-order valence-corrected chi connectivity index (χ1v) is 5.01. The number of carboxylic acids is 1. The number of amides is 1. The Kier molecular flexibility index (Phi) is 6.50. The number of esters is 1. The maximum absolute atomic E-state index is 11.4. The van der Waals surface area contributed by atoms with Crippen LogP contribution in [0.1, 0.15) is 13.3 Å². The first-order chi connectivity index (χ1) is 7.38. The number of hydrogen-bond donors (Lipinski definition) is 3. The highest BCUT2D eigenvalue weighted by molar-refractivity contribution is 7.81. The molecule has 0 aromatic rings. The summed E-state index contributed by atoms with van der Waals surface area (Å²) in [5.41, 5.74) is 0. The van der Waals surface area contributed by atoms with Crippen molar-refractivity contribution in [2.75, 3.05) is 13.2 Å². The number of carbonyl (C=O) groups is 3. The van der Waals surface area contributed by atoms with Crippen LogP contribution in [0.4, 0.5) is 0 Å². The largest absolute Gasteiger partial charge is 0.480 e. The average Bonchev–Trinajstić information content (AvgIpc) is 2.15. The Labute approximate surface area is 97.9 Å². The second kappa shape index (κ2) is 7.07. The highest BCUT2D eigenvalue weighted by Gasteiger charge is 2.23. The molecule has 0 aliphatic carbocycles. The van der Waals surface area contributed by atoms with Gasteiger partial charge in [0, 0.05) is 0 Å². The third-order valence-electron chi connectivity index (χ3n) is 1.54. The number of nitrogens with two attached hydrogens (primary N) is 1. The van der Waals surface area contributed by atoms with Gasteiger partial charge in [-0.3, -0.25) is 19.4 Å². The van der Waals surface area contributed by atoms with Crippen LogP contribution >= 0.6 is 12.6 Å². The van der Waals surface area contributed by atoms with Crippen molar-refractivity contribution in [3.63, 3.8) is 0 Å². The lowest BCUT2D eigenvalue weighted by molar-refractivity contribution is -0.147. The molecule has 7 nitrogen and oxygen atoms in total. The van der Waals surface area contributed by atoms with Crippen molar-refractivity contribution in [3.05, 3.63) is 0 Å². The van der Waals surface area contributed by atoms with Gasteiger partial charge < -0.3 is 9.84 Å². The summed E-state index contributed by atoms with van der Waals surface area (Å²) < 4.78 is 4.61. The zero-order valence-corrected chi connectivity index (χ0v) is 9.65. The maximum Gasteiger partial charge on any atom is 0.324 e. The van der Waals surface area contributed by atoms with Gasteiger partial charge in [0.05, 0.1) is 18.3 Å². The number of aliphatic carboxylic acids is 1. The van der Waals surface area contributed by atoms with Gasteiger partial charge >= 0.3 is 11.9 Å². The fraction of sp³-hybridized carbons (Fsp3) is 0.625. The zero-order valence-electron chi connectivity index (χ0n) is 8.75. The predicted molar refractivity (Wildman–Crippen MR) is 57.6 cm³/mol. The van der Waals surface area contributed by atoms with Crippen molar-refractivity contribution < 1.29 is 24.2 Å². The molecule has 16 heavy (non-hydrogen) atoms. The normalized spacial score (nSPS) is 11.7. The van der Waals surface area contributed by atoms with Crippen LogP contribution in [0.15, 0.2) is 0 Å². The second-order valence-electron chi connectivity index (χ2n) is 2.88. The Morgan fingerprint density at radius 3 is 2.50 bits per heavy atom. The molecule has 92 valence electrons. The summed E-state index contributed by atoms with van der Waals surface area (Å²) in [4.78, 5) is 32.6. The number of carboxylic acid groups (broad SMARTS) is 1. The van der Waals surface area contributed by atoms with E-state index in [1.54, 1.807) is 6.92 Å². The minimum atomic E-state index is -1.24. The average molecular weight is 250 g/mol. The molecule has 0 saturated carbocycles. The van der Waals surface area contributed by atoms with Crippen molar-refractivity contribution in [1.29, 1.82) is 0 Å². The van der Waals surface area contributed by atoms with E-state index in [1.807, 2.05) is 0 Å². The molecule has 0 spiro atoms. The molecule has 8 heteroatoms. The molecule has 1 atom stereocenters. The number of hydrazine groups is 1. The van der Waals surface area contributed by atoms with Gasteiger partial charge in [-0.1, -0.05) is 0 Å². The van der Waals surface area contributed by atoms with E-state index in [1.165, 1.54) is 0 Å². The summed E-state index contributed by atoms with van der Waals surface area (Å²) in [6.07, 6.45) is -0.247. The molecular weight excluding hydrogens is 236 g/mol. The summed E-state index contributed by atoms with van der Waals surface area (Å²) in [7, 11) is 0. The fourth-order valence-electron chi connectivity index (χ4n) is 0.880. The Hall–Kier alpha value is -1.28. The summed E-state index contributed by atoms with van der Waals surface area (Å²) in [6.45, 7) is 1.20. The van der Waals surface area contributed by atoms with Crippen LogP contribution in [0.3, 0.4) is 0 Å². The van der Waals surface area contributed by atoms with Gasteiger partial charge in [-0.05, 0) is 6.92 Å². The predicted octanol–water partition coefficient (Wildman–Crippen LogP) is -0.975. The van der Waals surface area contributed by atoms with Crippen LogP contribution in [0.2, 0.25) is 0 Å². The molecule has 0 aliphatic heterocycles. The van der Waals surface area contributed by atoms with E-state index < -0.39 is 29.6 Å². The van der Waals surface area contributed by atoms with Gasteiger partial charge in [0.15, 0.2) is 0 Å². The minimum absolute atomic E-state index is 0.203. The van der Waals surface area contributed by atoms with Crippen LogP contribution in [0, 0.1) is 0 Å². The molecule has 0 unspecified atom stereocenters. The van der Waals surface area contributed by atoms with Gasteiger partial charge in [-0.2, -0.15) is 12.6 Å². The third-order valence-corrected chi connectivity index (χ3v) is 1.94. The smallest absolute Gasteiger partial charge is 0.324 e. The molecule has 0 rings (SSSR count). The van der Waals surface area contributed by atoms with E-state index in [2.05, 4.69) is 17.4 Å². The molecule has 0 heterocycles. The van der Waals surface area contributed by atoms with Gasteiger partial charge in [0.25, 0.3) is 0 Å². The van der Waals surface area contributed by atoms with E-state index in [0.717, 1.165) is 0 Å². The van der Waals surface area contributed by atoms with Gasteiger partial charge in [-0.15, -0.1) is 0 Å². The Bertz CT molecular complexity index is 284. The molecule has 0 aromatic heterocycles. The van der Waals surface area contributed by atoms with E-state index in [-0.39, 0.29) is 13.0 Å². The van der Waals surface area contributed by atoms with Crippen molar-refractivity contribution in [2.24, 2.45) is 5.84 Å². The number of hydrogen-bond acceptors (Lipinski definition) is 6. The van der Waals surface area contributed by atoms with Crippen LogP contribution in [-0.4, -0.2) is 46.4 Å². The molecule has 3 N–H and O–H groups in total. The Morgan fingerprint density at radius 1 is 1.50 bits per heavy atom. The first-order valence-electron chi connectivity index (χ1n) is 4.50. The molecule has 0 saturated heterocycles. The van der Waals surface area contributed by atoms with Crippen LogP contribution in [-0.2, 0) is 19.1 Å². The molecule has 0 aromatic carbocycles. The fourth-order valence-corrected chi connectivity index (χ4v) is 1.18. The third kappa shape index (κ3) is 5.56. The van der Waals surface area contributed by atoms with Crippen molar-refractivity contribution in [2.45, 2.75) is 18.6 Å². The lowest BCUT2D eigenvalue weighted by Gasteiger charge is -2.17. The van der Waals surface area contributed by atoms with E-state index in [4.69, 9.17) is 10.9 Å². The van der Waals surface area contributed by atoms with E-state index in [0.29, 0.717) is 5.01 Å². The SMILES string of the molecule is CCOC(=O)C[C@@H](S)C(=O)N(N)CC(=O)O. The van der Waals surface area contributed by atoms with Crippen molar-refractivity contribution in [3.8, 4) is 0 Å². The van der Waals surface area contributed by atoms with Gasteiger partial charge in [0.1, 0.15) is 6.54 Å². The minimum Gasteiger partial charge on any atom is -0.480 e. The zero-order chi connectivity index (χ0) is 12.7. The number of thiol groups is 1. The molecular formula is C8H14N2O5S. The number of carbonyl (C=O) groups excluding carboxylic acids is 2. The quantitative estimate of drug-likeness (QED) is 0.184. The molecule has 0 fully saturated rings. The second-order valence-corrected chi connectivity index (χ2v) is 3.51. The number of nitrogens with zero attached hydrogens (tertiary/aromatic N) is 1. The summed E-state index contributed by atoms with van der Waals surface area (Å²) in [5.74, 6) is 2.61. The van der Waals surface area contributed by atoms with Crippen molar-refractivity contribution in [1.82, 2.24) is 5.01 Å². The monoisotopic (exact) mass is 250 g/mol. The van der Waals surface area contributed by atoms with Gasteiger partial charge in [0.2, 0.25) is 5.91 Å². The lowest BCUT2D eigenvalue weighted by atomic mass is 10.3. The van der Waals surface area contributed by atoms with Crippen LogP contribution < -0.4 is 5.84 Å². The summed E-state index contributed by atoms with van der Waals surface area (Å²) >= 11 is 3.85. The Morgan fingerprint density at radius 2 is 2.06 bits per heavy atom. The summed E-state index contributed by atoms with van der Waals surface area (Å²) in [6, 6.07) is 0. The lowest BCUT2D eigenvalue weighted by Crippen LogP contribution is -2.45. The maximum atomic E-state index is 11.4. The Balaban J connectivity index is 4.16. The van der Waals surface area contributed by atoms with E-state index >= 15 is 0 Å². The molecule has 1 amide bonds. The van der Waals surface area contributed by atoms with Crippen LogP contribution in [0.5, 0.6) is 0 Å². The summed E-state index contributed by atoms with van der Waals surface area (Å²) in [5, 5.41) is 7.89. The first kappa shape index (κ1) is 14.7. The standard InChI is InChI=1S/C8H14N2O5S/c1-2-15-7(13)3-5(16)8(14)10(9)4-6(11)12/h5,16H,2-4,9H2,1H3,(H,11,12)/t5-/m1/s1. The number of rotatable bonds is 6. The molecule has 0 bridgehead atoms. The highest BCUT2D eigenvalue weighted by atomic mass is 32.1. The molecule has 0 radical (unpaired) electrons. The highest BCUT2D eigenvalue weighted by Crippen LogP contribution is 2.05. The topological polar surface area (TPSA) is 110 Å². The van der Waals surface area contributed by atoms with E-state index in [9.17, 15) is 14.4 Å².